The van der Waals surface area contributed by atoms with E-state index in [1.54, 1.807) is 0 Å². The summed E-state index contributed by atoms with van der Waals surface area (Å²) in [5.74, 6) is 1.28. The Hall–Kier alpha value is -1.37. The second-order valence-corrected chi connectivity index (χ2v) is 8.38. The van der Waals surface area contributed by atoms with Gasteiger partial charge in [0, 0.05) is 11.8 Å². The highest BCUT2D eigenvalue weighted by Gasteiger charge is 2.46. The number of fused-ring (bicyclic) bond motifs is 1. The summed E-state index contributed by atoms with van der Waals surface area (Å²) >= 11 is 0. The molecule has 0 N–H and O–H groups in total. The highest BCUT2D eigenvalue weighted by molar-refractivity contribution is 6.60. The van der Waals surface area contributed by atoms with Gasteiger partial charge in [-0.2, -0.15) is 0 Å². The average molecular weight is 299 g/mol. The maximum atomic E-state index is 4.82. The van der Waals surface area contributed by atoms with Gasteiger partial charge in [-0.25, -0.2) is 0 Å². The molecule has 0 spiro atoms. The summed E-state index contributed by atoms with van der Waals surface area (Å²) in [6.45, 7) is 7.11. The minimum atomic E-state index is 0.186. The highest BCUT2D eigenvalue weighted by atomic mass is 14.7. The number of benzene rings is 1. The Morgan fingerprint density at radius 3 is 2.35 bits per heavy atom. The van der Waals surface area contributed by atoms with Gasteiger partial charge in [0.25, 0.3) is 0 Å². The third-order valence-electron chi connectivity index (χ3n) is 6.52. The fourth-order valence-corrected chi connectivity index (χ4v) is 4.02. The van der Waals surface area contributed by atoms with Crippen LogP contribution in [-0.4, -0.2) is 35.8 Å². The van der Waals surface area contributed by atoms with E-state index >= 15 is 0 Å². The molecule has 0 radical (unpaired) electrons. The molecule has 23 heavy (non-hydrogen) atoms. The predicted octanol–water partition coefficient (Wildman–Crippen LogP) is 0.868. The quantitative estimate of drug-likeness (QED) is 0.750. The van der Waals surface area contributed by atoms with E-state index in [2.05, 4.69) is 86.9 Å². The summed E-state index contributed by atoms with van der Waals surface area (Å²) in [6, 6.07) is 12.9. The van der Waals surface area contributed by atoms with E-state index in [4.69, 9.17) is 4.98 Å². The fraction of sp³-hybridized carbons (Fsp3) is 0.389. The van der Waals surface area contributed by atoms with Crippen molar-refractivity contribution in [2.45, 2.75) is 37.0 Å². The minimum absolute atomic E-state index is 0.186. The Balaban J connectivity index is 2.22. The van der Waals surface area contributed by atoms with Crippen LogP contribution in [-0.2, 0) is 10.4 Å². The molecule has 2 unspecified atom stereocenters. The zero-order valence-corrected chi connectivity index (χ0v) is 15.4. The van der Waals surface area contributed by atoms with Gasteiger partial charge >= 0.3 is 0 Å². The summed E-state index contributed by atoms with van der Waals surface area (Å²) < 4.78 is 0. The number of hydrogen-bond donors (Lipinski definition) is 0. The van der Waals surface area contributed by atoms with Crippen LogP contribution in [0.1, 0.15) is 31.9 Å². The lowest BCUT2D eigenvalue weighted by Gasteiger charge is -2.49. The molecule has 2 aromatic rings. The van der Waals surface area contributed by atoms with E-state index in [1.807, 2.05) is 0 Å². The van der Waals surface area contributed by atoms with Gasteiger partial charge in [-0.05, 0) is 11.6 Å². The number of nitrogens with zero attached hydrogens (tertiary/aromatic N) is 1. The second kappa shape index (κ2) is 5.61. The third kappa shape index (κ3) is 2.58. The average Bonchev–Trinajstić information content (AvgIpc) is 2.53. The minimum Gasteiger partial charge on any atom is -0.256 e. The Labute approximate surface area is 144 Å². The van der Waals surface area contributed by atoms with Crippen LogP contribution < -0.4 is 0 Å². The van der Waals surface area contributed by atoms with Crippen molar-refractivity contribution >= 4 is 30.8 Å². The van der Waals surface area contributed by atoms with E-state index in [0.29, 0.717) is 11.7 Å². The maximum Gasteiger partial charge on any atom is 0.126 e. The maximum absolute atomic E-state index is 4.82. The van der Waals surface area contributed by atoms with Crippen molar-refractivity contribution in [1.29, 1.82) is 0 Å². The van der Waals surface area contributed by atoms with E-state index in [1.165, 1.54) is 24.0 Å². The summed E-state index contributed by atoms with van der Waals surface area (Å²) in [4.78, 5) is 4.82. The van der Waals surface area contributed by atoms with Crippen molar-refractivity contribution in [1.82, 2.24) is 4.98 Å². The van der Waals surface area contributed by atoms with Gasteiger partial charge in [0.05, 0.1) is 5.69 Å². The van der Waals surface area contributed by atoms with Gasteiger partial charge in [-0.1, -0.05) is 78.8 Å². The first-order chi connectivity index (χ1) is 10.8. The molecule has 1 aliphatic heterocycles. The van der Waals surface area contributed by atoms with E-state index in [-0.39, 0.29) is 10.4 Å². The normalized spacial score (nSPS) is 25.7. The highest BCUT2D eigenvalue weighted by Crippen LogP contribution is 2.46. The zero-order chi connectivity index (χ0) is 16.8. The Morgan fingerprint density at radius 2 is 1.74 bits per heavy atom. The lowest BCUT2D eigenvalue weighted by atomic mass is 9.21. The molecule has 1 aromatic heterocycles. The lowest BCUT2D eigenvalue weighted by molar-refractivity contribution is 0.529. The van der Waals surface area contributed by atoms with Crippen molar-refractivity contribution in [3.63, 3.8) is 0 Å². The molecule has 5 heteroatoms. The third-order valence-corrected chi connectivity index (χ3v) is 6.52. The molecule has 0 saturated carbocycles. The summed E-state index contributed by atoms with van der Waals surface area (Å²) in [6.07, 6.45) is 2.15. The Bertz CT molecular complexity index is 714. The van der Waals surface area contributed by atoms with Crippen molar-refractivity contribution in [2.24, 2.45) is 5.92 Å². The molecular formula is C18H25B4N. The summed E-state index contributed by atoms with van der Waals surface area (Å²) in [7, 11) is 8.43. The van der Waals surface area contributed by atoms with Crippen molar-refractivity contribution in [3.8, 4) is 11.3 Å². The number of pyridine rings is 1. The molecule has 0 fully saturated rings. The van der Waals surface area contributed by atoms with E-state index in [9.17, 15) is 0 Å². The van der Waals surface area contributed by atoms with Crippen molar-refractivity contribution in [3.05, 3.63) is 53.7 Å². The lowest BCUT2D eigenvalue weighted by Crippen LogP contribution is -2.53. The first-order valence-corrected chi connectivity index (χ1v) is 8.83. The number of hydrogen-bond acceptors (Lipinski definition) is 1. The Morgan fingerprint density at radius 1 is 1.09 bits per heavy atom. The van der Waals surface area contributed by atoms with Crippen LogP contribution >= 0.6 is 0 Å². The molecular weight excluding hydrogens is 273 g/mol. The first kappa shape index (κ1) is 16.5. The molecule has 3 rings (SSSR count). The number of rotatable bonds is 2. The molecule has 1 nitrogen and oxygen atoms in total. The SMILES string of the molecule is BC1(B)c2cnc(-c3ccccc3)cc2C(B)(C(C)C)BC1C. The van der Waals surface area contributed by atoms with Crippen LogP contribution in [0.4, 0.5) is 0 Å². The van der Waals surface area contributed by atoms with Crippen molar-refractivity contribution in [2.75, 3.05) is 0 Å². The van der Waals surface area contributed by atoms with Crippen LogP contribution in [0, 0.1) is 5.92 Å². The molecule has 0 bridgehead atoms. The smallest absolute Gasteiger partial charge is 0.126 e. The molecule has 0 amide bonds. The predicted molar refractivity (Wildman–Crippen MR) is 110 cm³/mol. The van der Waals surface area contributed by atoms with Crippen LogP contribution in [0.15, 0.2) is 42.6 Å². The zero-order valence-electron chi connectivity index (χ0n) is 15.4. The van der Waals surface area contributed by atoms with Gasteiger partial charge in [0.2, 0.25) is 0 Å². The molecule has 0 aliphatic carbocycles. The topological polar surface area (TPSA) is 12.9 Å². The van der Waals surface area contributed by atoms with Crippen LogP contribution in [0.3, 0.4) is 0 Å². The molecule has 2 atom stereocenters. The molecule has 1 aromatic carbocycles. The second-order valence-electron chi connectivity index (χ2n) is 8.38. The van der Waals surface area contributed by atoms with Crippen molar-refractivity contribution < 1.29 is 0 Å². The van der Waals surface area contributed by atoms with Gasteiger partial charge in [0.15, 0.2) is 0 Å². The van der Waals surface area contributed by atoms with Gasteiger partial charge in [-0.3, -0.25) is 4.98 Å². The van der Waals surface area contributed by atoms with Gasteiger partial charge in [-0.15, -0.1) is 0 Å². The largest absolute Gasteiger partial charge is 0.256 e. The van der Waals surface area contributed by atoms with Crippen LogP contribution in [0.25, 0.3) is 11.3 Å². The summed E-state index contributed by atoms with van der Waals surface area (Å²) in [5.41, 5.74) is 5.25. The van der Waals surface area contributed by atoms with E-state index in [0.717, 1.165) is 5.69 Å². The molecule has 1 aliphatic rings. The first-order valence-electron chi connectivity index (χ1n) is 8.83. The Kier molecular flexibility index (Phi) is 4.02. The monoisotopic (exact) mass is 299 g/mol. The molecule has 0 saturated heterocycles. The standard InChI is InChI=1S/C18H25B4N/c1-11(2)18(21)14-9-16(13-7-5-4-6-8-13)23-10-15(14)17(19,20)12(3)22-18/h4-12,22H,19-21H2,1-3H3. The number of aromatic nitrogens is 1. The molecule has 114 valence electrons. The van der Waals surface area contributed by atoms with Crippen LogP contribution in [0.2, 0.25) is 5.82 Å². The summed E-state index contributed by atoms with van der Waals surface area (Å²) in [5, 5.41) is 0.405. The fourth-order valence-electron chi connectivity index (χ4n) is 4.02. The van der Waals surface area contributed by atoms with E-state index < -0.39 is 0 Å². The van der Waals surface area contributed by atoms with Gasteiger partial charge < -0.3 is 0 Å². The molecule has 2 heterocycles. The van der Waals surface area contributed by atoms with Crippen LogP contribution in [0.5, 0.6) is 0 Å². The van der Waals surface area contributed by atoms with Gasteiger partial charge in [0.1, 0.15) is 30.8 Å².